The number of hydrogen-bond acceptors (Lipinski definition) is 4. The Labute approximate surface area is 107 Å². The lowest BCUT2D eigenvalue weighted by molar-refractivity contribution is 0.251. The molecule has 1 aromatic heterocycles. The van der Waals surface area contributed by atoms with Crippen LogP contribution in [0.5, 0.6) is 0 Å². The molecule has 1 heterocycles. The van der Waals surface area contributed by atoms with Crippen molar-refractivity contribution in [1.82, 2.24) is 14.9 Å². The van der Waals surface area contributed by atoms with Crippen molar-refractivity contribution in [1.29, 1.82) is 0 Å². The third kappa shape index (κ3) is 2.98. The molecule has 0 aliphatic heterocycles. The fraction of sp³-hybridized carbons (Fsp3) is 0.667. The summed E-state index contributed by atoms with van der Waals surface area (Å²) in [4.78, 5) is 0.190. The van der Waals surface area contributed by atoms with Gasteiger partial charge in [0.05, 0.1) is 11.9 Å². The Balaban J connectivity index is 0.00000144. The Hall–Kier alpha value is -0.630. The van der Waals surface area contributed by atoms with Gasteiger partial charge < -0.3 is 5.73 Å². The van der Waals surface area contributed by atoms with E-state index < -0.39 is 10.0 Å². The van der Waals surface area contributed by atoms with Gasteiger partial charge >= 0.3 is 0 Å². The van der Waals surface area contributed by atoms with Crippen molar-refractivity contribution in [2.45, 2.75) is 36.6 Å². The molecule has 4 N–H and O–H groups in total. The van der Waals surface area contributed by atoms with Gasteiger partial charge in [-0.25, -0.2) is 13.1 Å². The normalized spacial score (nSPS) is 18.2. The van der Waals surface area contributed by atoms with Crippen LogP contribution in [0.15, 0.2) is 11.1 Å². The second-order valence-corrected chi connectivity index (χ2v) is 6.14. The summed E-state index contributed by atoms with van der Waals surface area (Å²) < 4.78 is 26.3. The minimum atomic E-state index is -3.48. The van der Waals surface area contributed by atoms with E-state index in [0.717, 1.165) is 19.3 Å². The summed E-state index contributed by atoms with van der Waals surface area (Å²) in [7, 11) is -3.48. The summed E-state index contributed by atoms with van der Waals surface area (Å²) in [5.41, 5.74) is 6.13. The fourth-order valence-electron chi connectivity index (χ4n) is 1.73. The van der Waals surface area contributed by atoms with Crippen molar-refractivity contribution in [2.75, 3.05) is 6.54 Å². The molecule has 0 bridgehead atoms. The molecule has 6 nitrogen and oxygen atoms in total. The molecular weight excluding hydrogens is 264 g/mol. The molecule has 0 saturated heterocycles. The number of nitrogens with zero attached hydrogens (tertiary/aromatic N) is 1. The van der Waals surface area contributed by atoms with Gasteiger partial charge in [-0.3, -0.25) is 5.10 Å². The molecule has 0 spiro atoms. The van der Waals surface area contributed by atoms with E-state index in [1.807, 2.05) is 0 Å². The summed E-state index contributed by atoms with van der Waals surface area (Å²) >= 11 is 0. The first kappa shape index (κ1) is 14.4. The number of H-pyrrole nitrogens is 1. The van der Waals surface area contributed by atoms with Gasteiger partial charge in [-0.05, 0) is 26.2 Å². The number of aromatic nitrogens is 2. The second kappa shape index (κ2) is 4.93. The van der Waals surface area contributed by atoms with Crippen LogP contribution >= 0.6 is 12.4 Å². The third-order valence-electron chi connectivity index (χ3n) is 3.04. The van der Waals surface area contributed by atoms with Gasteiger partial charge in [-0.15, -0.1) is 12.4 Å². The van der Waals surface area contributed by atoms with E-state index in [-0.39, 0.29) is 22.8 Å². The Bertz CT molecular complexity index is 481. The Morgan fingerprint density at radius 2 is 2.24 bits per heavy atom. The lowest BCUT2D eigenvalue weighted by Crippen LogP contribution is -2.54. The maximum Gasteiger partial charge on any atom is 0.244 e. The smallest absolute Gasteiger partial charge is 0.244 e. The molecular formula is C9H17ClN4O2S. The fourth-order valence-corrected chi connectivity index (χ4v) is 3.01. The molecule has 1 aliphatic carbocycles. The zero-order valence-electron chi connectivity index (χ0n) is 9.56. The molecule has 1 aliphatic rings. The van der Waals surface area contributed by atoms with Gasteiger partial charge in [-0.2, -0.15) is 5.10 Å². The number of rotatable bonds is 4. The van der Waals surface area contributed by atoms with Crippen molar-refractivity contribution < 1.29 is 8.42 Å². The molecule has 8 heteroatoms. The predicted molar refractivity (Wildman–Crippen MR) is 66.5 cm³/mol. The number of halogens is 1. The number of nitrogens with two attached hydrogens (primary N) is 1. The van der Waals surface area contributed by atoms with Crippen LogP contribution in [0.3, 0.4) is 0 Å². The van der Waals surface area contributed by atoms with Crippen molar-refractivity contribution >= 4 is 22.4 Å². The average molecular weight is 281 g/mol. The zero-order chi connectivity index (χ0) is 11.8. The van der Waals surface area contributed by atoms with E-state index in [2.05, 4.69) is 14.9 Å². The van der Waals surface area contributed by atoms with Gasteiger partial charge in [0.25, 0.3) is 0 Å². The largest absolute Gasteiger partial charge is 0.324 e. The number of aryl methyl sites for hydroxylation is 1. The highest BCUT2D eigenvalue weighted by Crippen LogP contribution is 2.28. The van der Waals surface area contributed by atoms with Gasteiger partial charge in [0, 0.05) is 12.1 Å². The highest BCUT2D eigenvalue weighted by Gasteiger charge is 2.34. The molecule has 0 aromatic carbocycles. The molecule has 1 saturated carbocycles. The van der Waals surface area contributed by atoms with Crippen LogP contribution in [-0.4, -0.2) is 30.7 Å². The minimum Gasteiger partial charge on any atom is -0.324 e. The van der Waals surface area contributed by atoms with Gasteiger partial charge in [-0.1, -0.05) is 0 Å². The molecule has 0 atom stereocenters. The van der Waals surface area contributed by atoms with Crippen LogP contribution in [0, 0.1) is 6.92 Å². The van der Waals surface area contributed by atoms with Crippen LogP contribution < -0.4 is 10.5 Å². The van der Waals surface area contributed by atoms with E-state index in [4.69, 9.17) is 5.73 Å². The predicted octanol–water partition coefficient (Wildman–Crippen LogP) is 0.300. The van der Waals surface area contributed by atoms with Crippen molar-refractivity contribution in [3.63, 3.8) is 0 Å². The van der Waals surface area contributed by atoms with Gasteiger partial charge in [0.15, 0.2) is 0 Å². The molecule has 1 fully saturated rings. The highest BCUT2D eigenvalue weighted by atomic mass is 35.5. The van der Waals surface area contributed by atoms with Crippen LogP contribution in [-0.2, 0) is 10.0 Å². The lowest BCUT2D eigenvalue weighted by Gasteiger charge is -2.37. The number of aromatic amines is 1. The van der Waals surface area contributed by atoms with Crippen molar-refractivity contribution in [3.05, 3.63) is 11.9 Å². The first-order valence-corrected chi connectivity index (χ1v) is 6.70. The molecule has 0 radical (unpaired) electrons. The topological polar surface area (TPSA) is 101 Å². The van der Waals surface area contributed by atoms with E-state index in [1.165, 1.54) is 6.20 Å². The summed E-state index contributed by atoms with van der Waals surface area (Å²) in [6, 6.07) is 0. The Kier molecular flexibility index (Phi) is 4.19. The molecule has 0 unspecified atom stereocenters. The Morgan fingerprint density at radius 3 is 2.65 bits per heavy atom. The third-order valence-corrected chi connectivity index (χ3v) is 4.55. The average Bonchev–Trinajstić information content (AvgIpc) is 2.59. The molecule has 98 valence electrons. The molecule has 1 aromatic rings. The van der Waals surface area contributed by atoms with Crippen molar-refractivity contribution in [3.8, 4) is 0 Å². The van der Waals surface area contributed by atoms with E-state index >= 15 is 0 Å². The maximum absolute atomic E-state index is 11.9. The minimum absolute atomic E-state index is 0. The summed E-state index contributed by atoms with van der Waals surface area (Å²) in [6.07, 6.45) is 4.13. The van der Waals surface area contributed by atoms with Crippen LogP contribution in [0.25, 0.3) is 0 Å². The maximum atomic E-state index is 11.9. The lowest BCUT2D eigenvalue weighted by atomic mass is 9.78. The number of nitrogens with one attached hydrogen (secondary N) is 2. The number of hydrogen-bond donors (Lipinski definition) is 3. The first-order chi connectivity index (χ1) is 7.43. The second-order valence-electron chi connectivity index (χ2n) is 4.40. The number of sulfonamides is 1. The van der Waals surface area contributed by atoms with E-state index in [9.17, 15) is 8.42 Å². The Morgan fingerprint density at radius 1 is 1.59 bits per heavy atom. The van der Waals surface area contributed by atoms with E-state index in [0.29, 0.717) is 12.2 Å². The van der Waals surface area contributed by atoms with Gasteiger partial charge in [0.1, 0.15) is 4.90 Å². The summed E-state index contributed by atoms with van der Waals surface area (Å²) in [6.45, 7) is 1.96. The van der Waals surface area contributed by atoms with Crippen LogP contribution in [0.4, 0.5) is 0 Å². The summed E-state index contributed by atoms with van der Waals surface area (Å²) in [5.74, 6) is 0. The molecule has 0 amide bonds. The zero-order valence-corrected chi connectivity index (χ0v) is 11.2. The SMILES string of the molecule is Cc1[nH]ncc1S(=O)(=O)NCC1(N)CCC1.Cl. The van der Waals surface area contributed by atoms with E-state index in [1.54, 1.807) is 6.92 Å². The monoisotopic (exact) mass is 280 g/mol. The van der Waals surface area contributed by atoms with Gasteiger partial charge in [0.2, 0.25) is 10.0 Å². The quantitative estimate of drug-likeness (QED) is 0.738. The van der Waals surface area contributed by atoms with Crippen LogP contribution in [0.2, 0.25) is 0 Å². The molecule has 2 rings (SSSR count). The molecule has 17 heavy (non-hydrogen) atoms. The van der Waals surface area contributed by atoms with Crippen molar-refractivity contribution in [2.24, 2.45) is 5.73 Å². The standard InChI is InChI=1S/C9H16N4O2S.ClH/c1-7-8(5-11-13-7)16(14,15)12-6-9(10)3-2-4-9;/h5,12H,2-4,6,10H2,1H3,(H,11,13);1H. The van der Waals surface area contributed by atoms with Crippen LogP contribution in [0.1, 0.15) is 25.0 Å². The first-order valence-electron chi connectivity index (χ1n) is 5.21. The highest BCUT2D eigenvalue weighted by molar-refractivity contribution is 7.89. The summed E-state index contributed by atoms with van der Waals surface area (Å²) in [5, 5.41) is 6.29.